The fraction of sp³-hybridized carbons (Fsp3) is 0.0175. The summed E-state index contributed by atoms with van der Waals surface area (Å²) in [6.45, 7) is 0. The Kier molecular flexibility index (Phi) is 8.65. The third-order valence-corrected chi connectivity index (χ3v) is 13.3. The van der Waals surface area contributed by atoms with Crippen molar-refractivity contribution in [1.82, 2.24) is 0 Å². The summed E-state index contributed by atoms with van der Waals surface area (Å²) in [5.74, 6) is 0. The molecule has 59 heavy (non-hydrogen) atoms. The van der Waals surface area contributed by atoms with E-state index >= 15 is 0 Å². The van der Waals surface area contributed by atoms with Crippen molar-refractivity contribution >= 4 is 38.8 Å². The Morgan fingerprint density at radius 2 is 1.07 bits per heavy atom. The molecule has 1 aromatic heterocycles. The molecule has 8 aromatic carbocycles. The summed E-state index contributed by atoms with van der Waals surface area (Å²) in [6, 6.07) is 72.7. The fourth-order valence-electron chi connectivity index (χ4n) is 9.27. The first-order valence-corrected chi connectivity index (χ1v) is 21.1. The zero-order valence-electron chi connectivity index (χ0n) is 32.3. The smallest absolute Gasteiger partial charge is 0.0819 e. The van der Waals surface area contributed by atoms with Gasteiger partial charge in [-0.3, -0.25) is 0 Å². The summed E-state index contributed by atoms with van der Waals surface area (Å²) in [7, 11) is 0. The third kappa shape index (κ3) is 5.92. The van der Waals surface area contributed by atoms with Crippen molar-refractivity contribution in [3.8, 4) is 44.5 Å². The van der Waals surface area contributed by atoms with Gasteiger partial charge in [0, 0.05) is 32.4 Å². The summed E-state index contributed by atoms with van der Waals surface area (Å²) in [5, 5.41) is 4.90. The van der Waals surface area contributed by atoms with Gasteiger partial charge in [-0.1, -0.05) is 194 Å². The normalized spacial score (nSPS) is 13.5. The molecular formula is C57H39NS. The van der Waals surface area contributed by atoms with Gasteiger partial charge in [-0.05, 0) is 103 Å². The average Bonchev–Trinajstić information content (AvgIpc) is 3.93. The molecule has 0 bridgehead atoms. The van der Waals surface area contributed by atoms with Crippen LogP contribution in [0.3, 0.4) is 0 Å². The van der Waals surface area contributed by atoms with E-state index in [9.17, 15) is 0 Å². The van der Waals surface area contributed by atoms with Crippen molar-refractivity contribution in [2.75, 3.05) is 5.32 Å². The van der Waals surface area contributed by atoms with E-state index in [0.717, 1.165) is 16.8 Å². The second kappa shape index (κ2) is 14.6. The van der Waals surface area contributed by atoms with Gasteiger partial charge in [-0.15, -0.1) is 11.3 Å². The van der Waals surface area contributed by atoms with Crippen molar-refractivity contribution in [3.63, 3.8) is 0 Å². The molecule has 2 aliphatic rings. The number of benzene rings is 8. The summed E-state index contributed by atoms with van der Waals surface area (Å²) in [4.78, 5) is 1.42. The van der Waals surface area contributed by atoms with Crippen LogP contribution >= 0.6 is 11.3 Å². The number of fused-ring (bicyclic) bond motifs is 12. The van der Waals surface area contributed by atoms with Gasteiger partial charge in [0.05, 0.1) is 5.41 Å². The third-order valence-electron chi connectivity index (χ3n) is 12.0. The molecule has 0 radical (unpaired) electrons. The number of thiophene rings is 1. The molecular weight excluding hydrogens is 731 g/mol. The Bertz CT molecular complexity index is 3050. The van der Waals surface area contributed by atoms with Crippen LogP contribution in [0.1, 0.15) is 32.7 Å². The average molecular weight is 770 g/mol. The lowest BCUT2D eigenvalue weighted by Gasteiger charge is -2.29. The second-order valence-electron chi connectivity index (χ2n) is 15.3. The summed E-state index contributed by atoms with van der Waals surface area (Å²) >= 11 is 1.95. The number of allylic oxidation sites excluding steroid dienone is 4. The summed E-state index contributed by atoms with van der Waals surface area (Å²) in [5.41, 5.74) is 18.4. The largest absolute Gasteiger partial charge is 0.362 e. The second-order valence-corrected chi connectivity index (χ2v) is 16.3. The van der Waals surface area contributed by atoms with Gasteiger partial charge in [0.25, 0.3) is 0 Å². The summed E-state index contributed by atoms with van der Waals surface area (Å²) < 4.78 is 1.33. The lowest BCUT2D eigenvalue weighted by atomic mass is 9.73. The van der Waals surface area contributed by atoms with Crippen LogP contribution in [0.2, 0.25) is 0 Å². The molecule has 11 rings (SSSR count). The lowest BCUT2D eigenvalue weighted by molar-refractivity contribution is 0.811. The Balaban J connectivity index is 1.02. The molecule has 0 unspecified atom stereocenters. The fourth-order valence-corrected chi connectivity index (χ4v) is 10.7. The van der Waals surface area contributed by atoms with Crippen molar-refractivity contribution in [2.45, 2.75) is 5.41 Å². The van der Waals surface area contributed by atoms with E-state index in [0.29, 0.717) is 0 Å². The maximum absolute atomic E-state index is 3.57. The van der Waals surface area contributed by atoms with Gasteiger partial charge in [0.2, 0.25) is 0 Å². The van der Waals surface area contributed by atoms with Crippen LogP contribution in [0.4, 0.5) is 5.69 Å². The van der Waals surface area contributed by atoms with Gasteiger partial charge in [-0.25, -0.2) is 0 Å². The number of hydrogen-bond donors (Lipinski definition) is 1. The standard InChI is InChI=1S/C57H39NS/c1-3-15-40(16-4-1)43-28-26-39(27-29-43)14-13-19-42(36-37-58-46-33-30-44(31-34-46)41-17-5-2-6-18-41)45-32-35-49-53(38-45)57(56-55(49)50-22-9-12-25-54(50)59-56)51-23-10-7-20-47(51)48-21-8-11-24-52(48)57/h1-38,58H/b14-13-,37-36+,42-19+. The van der Waals surface area contributed by atoms with E-state index in [1.807, 2.05) is 11.3 Å². The highest BCUT2D eigenvalue weighted by Crippen LogP contribution is 2.66. The highest BCUT2D eigenvalue weighted by atomic mass is 32.1. The Morgan fingerprint density at radius 3 is 1.75 bits per heavy atom. The van der Waals surface area contributed by atoms with Crippen molar-refractivity contribution < 1.29 is 0 Å². The SMILES string of the molecule is C(=C/c1ccc(-c2ccccc2)cc1)/C=C(\C=C\Nc1ccc(-c2ccccc2)cc1)c1ccc2c(c1)C1(c3ccccc3-c3ccccc31)c1sc3ccccc3c1-2. The van der Waals surface area contributed by atoms with E-state index < -0.39 is 5.41 Å². The molecule has 1 N–H and O–H groups in total. The molecule has 0 amide bonds. The number of rotatable bonds is 8. The Labute approximate surface area is 349 Å². The molecule has 1 heterocycles. The number of anilines is 1. The topological polar surface area (TPSA) is 12.0 Å². The highest BCUT2D eigenvalue weighted by Gasteiger charge is 2.53. The van der Waals surface area contributed by atoms with E-state index in [4.69, 9.17) is 0 Å². The molecule has 278 valence electrons. The van der Waals surface area contributed by atoms with Crippen LogP contribution in [0.25, 0.3) is 66.2 Å². The van der Waals surface area contributed by atoms with Crippen LogP contribution in [-0.2, 0) is 5.41 Å². The maximum Gasteiger partial charge on any atom is 0.0819 e. The number of hydrogen-bond acceptors (Lipinski definition) is 2. The van der Waals surface area contributed by atoms with E-state index in [1.54, 1.807) is 0 Å². The van der Waals surface area contributed by atoms with Crippen molar-refractivity contribution in [1.29, 1.82) is 0 Å². The van der Waals surface area contributed by atoms with Gasteiger partial charge in [-0.2, -0.15) is 0 Å². The predicted molar refractivity (Wildman–Crippen MR) is 252 cm³/mol. The zero-order chi connectivity index (χ0) is 39.2. The van der Waals surface area contributed by atoms with Gasteiger partial charge in [0.15, 0.2) is 0 Å². The van der Waals surface area contributed by atoms with Crippen molar-refractivity contribution in [3.05, 3.63) is 257 Å². The molecule has 0 saturated heterocycles. The first-order valence-electron chi connectivity index (χ1n) is 20.2. The first-order chi connectivity index (χ1) is 29.3. The first kappa shape index (κ1) is 34.9. The molecule has 2 aliphatic carbocycles. The minimum absolute atomic E-state index is 0.401. The zero-order valence-corrected chi connectivity index (χ0v) is 33.2. The predicted octanol–water partition coefficient (Wildman–Crippen LogP) is 15.3. The van der Waals surface area contributed by atoms with Gasteiger partial charge in [0.1, 0.15) is 0 Å². The molecule has 1 spiro atoms. The molecule has 0 fully saturated rings. The maximum atomic E-state index is 3.57. The van der Waals surface area contributed by atoms with Crippen LogP contribution in [0, 0.1) is 0 Å². The molecule has 0 atom stereocenters. The van der Waals surface area contributed by atoms with Crippen molar-refractivity contribution in [2.24, 2.45) is 0 Å². The van der Waals surface area contributed by atoms with Crippen LogP contribution in [-0.4, -0.2) is 0 Å². The van der Waals surface area contributed by atoms with Gasteiger partial charge < -0.3 is 5.32 Å². The molecule has 2 heteroatoms. The quantitative estimate of drug-likeness (QED) is 0.152. The van der Waals surface area contributed by atoms with Crippen LogP contribution < -0.4 is 5.32 Å². The Hall–Kier alpha value is -7.26. The Morgan fingerprint density at radius 1 is 0.492 bits per heavy atom. The van der Waals surface area contributed by atoms with E-state index in [2.05, 4.69) is 236 Å². The van der Waals surface area contributed by atoms with E-state index in [-0.39, 0.29) is 0 Å². The minimum Gasteiger partial charge on any atom is -0.362 e. The monoisotopic (exact) mass is 769 g/mol. The van der Waals surface area contributed by atoms with Crippen LogP contribution in [0.5, 0.6) is 0 Å². The molecule has 0 saturated carbocycles. The number of nitrogens with one attached hydrogen (secondary N) is 1. The van der Waals surface area contributed by atoms with Gasteiger partial charge >= 0.3 is 0 Å². The highest BCUT2D eigenvalue weighted by molar-refractivity contribution is 7.20. The lowest BCUT2D eigenvalue weighted by Crippen LogP contribution is -2.25. The summed E-state index contributed by atoms with van der Waals surface area (Å²) in [6.07, 6.45) is 10.9. The molecule has 9 aromatic rings. The van der Waals surface area contributed by atoms with Crippen LogP contribution in [0.15, 0.2) is 225 Å². The minimum atomic E-state index is -0.401. The molecule has 1 nitrogen and oxygen atoms in total. The van der Waals surface area contributed by atoms with E-state index in [1.165, 1.54) is 81.7 Å². The molecule has 0 aliphatic heterocycles.